The number of halogens is 2. The van der Waals surface area contributed by atoms with Crippen LogP contribution in [-0.2, 0) is 9.53 Å². The van der Waals surface area contributed by atoms with E-state index in [2.05, 4.69) is 9.97 Å². The van der Waals surface area contributed by atoms with Crippen LogP contribution in [0.25, 0.3) is 16.9 Å². The van der Waals surface area contributed by atoms with Gasteiger partial charge in [0.25, 0.3) is 5.56 Å². The van der Waals surface area contributed by atoms with Crippen molar-refractivity contribution in [3.05, 3.63) is 62.5 Å². The van der Waals surface area contributed by atoms with Gasteiger partial charge in [-0.15, -0.1) is 0 Å². The Balaban J connectivity index is 1.97. The predicted octanol–water partition coefficient (Wildman–Crippen LogP) is 2.91. The van der Waals surface area contributed by atoms with E-state index in [1.807, 2.05) is 0 Å². The molecule has 3 aromatic rings. The van der Waals surface area contributed by atoms with Crippen molar-refractivity contribution in [2.75, 3.05) is 6.61 Å². The number of carbonyl (C=O) groups excluding carboxylic acids is 1. The molecule has 0 aliphatic carbocycles. The van der Waals surface area contributed by atoms with Crippen LogP contribution in [-0.4, -0.2) is 33.0 Å². The quantitative estimate of drug-likeness (QED) is 0.688. The number of aromatic nitrogens is 3. The minimum atomic E-state index is -0.730. The minimum Gasteiger partial charge on any atom is -0.368 e. The molecule has 2 unspecified atom stereocenters. The zero-order chi connectivity index (χ0) is 21.6. The van der Waals surface area contributed by atoms with Crippen molar-refractivity contribution < 1.29 is 13.9 Å². The van der Waals surface area contributed by atoms with E-state index in [0.717, 1.165) is 0 Å². The van der Waals surface area contributed by atoms with E-state index in [1.54, 1.807) is 26.1 Å². The highest BCUT2D eigenvalue weighted by atomic mass is 35.5. The second-order valence-corrected chi connectivity index (χ2v) is 7.88. The third-order valence-electron chi connectivity index (χ3n) is 5.50. The van der Waals surface area contributed by atoms with Gasteiger partial charge in [-0.3, -0.25) is 14.0 Å². The molecular formula is C21H20ClFN4O3. The Morgan fingerprint density at radius 3 is 2.80 bits per heavy atom. The van der Waals surface area contributed by atoms with Crippen LogP contribution in [0.1, 0.15) is 35.7 Å². The van der Waals surface area contributed by atoms with Crippen LogP contribution in [0.4, 0.5) is 4.39 Å². The molecule has 2 aromatic heterocycles. The van der Waals surface area contributed by atoms with Gasteiger partial charge in [-0.05, 0) is 44.9 Å². The number of primary amides is 1. The zero-order valence-corrected chi connectivity index (χ0v) is 17.2. The number of amides is 1. The van der Waals surface area contributed by atoms with Gasteiger partial charge in [-0.25, -0.2) is 14.4 Å². The molecule has 9 heteroatoms. The first-order valence-electron chi connectivity index (χ1n) is 9.53. The standard InChI is InChI=1S/C21H20ClFN4O3/c1-10-11(2)25-20-18(14-4-3-13(22)8-15(14)23)26-16(9-27(20)21(10)29)12-5-6-30-17(7-12)19(24)28/h3-4,8-9,12,17H,5-7H2,1-2H3,(H2,24,28). The molecule has 0 spiro atoms. The summed E-state index contributed by atoms with van der Waals surface area (Å²) in [6, 6.07) is 4.27. The number of benzene rings is 1. The summed E-state index contributed by atoms with van der Waals surface area (Å²) < 4.78 is 21.6. The SMILES string of the molecule is Cc1nc2c(-c3ccc(Cl)cc3F)nc(C3CCOC(C(N)=O)C3)cn2c(=O)c1C. The molecule has 7 nitrogen and oxygen atoms in total. The second kappa shape index (κ2) is 7.77. The van der Waals surface area contributed by atoms with Crippen LogP contribution >= 0.6 is 11.6 Å². The minimum absolute atomic E-state index is 0.178. The van der Waals surface area contributed by atoms with Crippen LogP contribution in [0, 0.1) is 19.7 Å². The van der Waals surface area contributed by atoms with Crippen LogP contribution < -0.4 is 11.3 Å². The lowest BCUT2D eigenvalue weighted by Crippen LogP contribution is -2.36. The van der Waals surface area contributed by atoms with Gasteiger partial charge in [-0.1, -0.05) is 11.6 Å². The summed E-state index contributed by atoms with van der Waals surface area (Å²) in [5.41, 5.74) is 7.42. The lowest BCUT2D eigenvalue weighted by molar-refractivity contribution is -0.132. The smallest absolute Gasteiger partial charge is 0.261 e. The largest absolute Gasteiger partial charge is 0.368 e. The average molecular weight is 431 g/mol. The third-order valence-corrected chi connectivity index (χ3v) is 5.74. The van der Waals surface area contributed by atoms with E-state index in [-0.39, 0.29) is 33.4 Å². The molecule has 0 saturated carbocycles. The molecule has 2 N–H and O–H groups in total. The highest BCUT2D eigenvalue weighted by Crippen LogP contribution is 2.32. The van der Waals surface area contributed by atoms with Crippen molar-refractivity contribution in [1.29, 1.82) is 0 Å². The summed E-state index contributed by atoms with van der Waals surface area (Å²) in [7, 11) is 0. The maximum atomic E-state index is 14.8. The Morgan fingerprint density at radius 1 is 1.33 bits per heavy atom. The Hall–Kier alpha value is -2.84. The predicted molar refractivity (Wildman–Crippen MR) is 110 cm³/mol. The Bertz CT molecular complexity index is 1230. The van der Waals surface area contributed by atoms with Crippen LogP contribution in [0.3, 0.4) is 0 Å². The van der Waals surface area contributed by atoms with Crippen molar-refractivity contribution in [1.82, 2.24) is 14.4 Å². The fraction of sp³-hybridized carbons (Fsp3) is 0.333. The summed E-state index contributed by atoms with van der Waals surface area (Å²) in [6.45, 7) is 3.75. The van der Waals surface area contributed by atoms with Crippen molar-refractivity contribution in [2.24, 2.45) is 5.73 Å². The molecule has 0 bridgehead atoms. The maximum absolute atomic E-state index is 14.8. The molecule has 1 fully saturated rings. The molecule has 1 aliphatic rings. The number of nitrogens with zero attached hydrogens (tertiary/aromatic N) is 3. The number of hydrogen-bond acceptors (Lipinski definition) is 5. The monoisotopic (exact) mass is 430 g/mol. The number of carbonyl (C=O) groups is 1. The molecule has 1 aromatic carbocycles. The van der Waals surface area contributed by atoms with Gasteiger partial charge >= 0.3 is 0 Å². The number of fused-ring (bicyclic) bond motifs is 1. The molecule has 1 amide bonds. The summed E-state index contributed by atoms with van der Waals surface area (Å²) in [6.07, 6.45) is 1.82. The molecule has 0 radical (unpaired) electrons. The molecule has 4 rings (SSSR count). The number of hydrogen-bond donors (Lipinski definition) is 1. The molecule has 156 valence electrons. The maximum Gasteiger partial charge on any atom is 0.261 e. The Kier molecular flexibility index (Phi) is 5.29. The zero-order valence-electron chi connectivity index (χ0n) is 16.5. The summed E-state index contributed by atoms with van der Waals surface area (Å²) in [4.78, 5) is 33.7. The van der Waals surface area contributed by atoms with E-state index < -0.39 is 17.8 Å². The molecule has 3 heterocycles. The Morgan fingerprint density at radius 2 is 2.10 bits per heavy atom. The van der Waals surface area contributed by atoms with Gasteiger partial charge in [0.1, 0.15) is 17.6 Å². The van der Waals surface area contributed by atoms with Gasteiger partial charge in [0.15, 0.2) is 5.65 Å². The number of ether oxygens (including phenoxy) is 1. The molecule has 2 atom stereocenters. The third kappa shape index (κ3) is 3.57. The fourth-order valence-electron chi connectivity index (χ4n) is 3.68. The van der Waals surface area contributed by atoms with Crippen LogP contribution in [0.2, 0.25) is 5.02 Å². The van der Waals surface area contributed by atoms with Gasteiger partial charge in [0, 0.05) is 40.6 Å². The van der Waals surface area contributed by atoms with Crippen molar-refractivity contribution in [2.45, 2.75) is 38.7 Å². The van der Waals surface area contributed by atoms with Crippen LogP contribution in [0.15, 0.2) is 29.2 Å². The highest BCUT2D eigenvalue weighted by Gasteiger charge is 2.29. The first kappa shape index (κ1) is 20.4. The van der Waals surface area contributed by atoms with Crippen molar-refractivity contribution in [3.8, 4) is 11.3 Å². The molecule has 30 heavy (non-hydrogen) atoms. The number of aryl methyl sites for hydroxylation is 1. The van der Waals surface area contributed by atoms with E-state index in [1.165, 1.54) is 16.5 Å². The summed E-state index contributed by atoms with van der Waals surface area (Å²) in [5, 5.41) is 0.252. The van der Waals surface area contributed by atoms with Gasteiger partial charge in [-0.2, -0.15) is 0 Å². The summed E-state index contributed by atoms with van der Waals surface area (Å²) in [5.74, 6) is -1.29. The molecular weight excluding hydrogens is 411 g/mol. The number of rotatable bonds is 3. The second-order valence-electron chi connectivity index (χ2n) is 7.44. The van der Waals surface area contributed by atoms with Gasteiger partial charge in [0.2, 0.25) is 5.91 Å². The van der Waals surface area contributed by atoms with E-state index in [9.17, 15) is 14.0 Å². The lowest BCUT2D eigenvalue weighted by Gasteiger charge is -2.27. The molecule has 1 aliphatic heterocycles. The average Bonchev–Trinajstić information content (AvgIpc) is 2.72. The van der Waals surface area contributed by atoms with E-state index in [4.69, 9.17) is 22.1 Å². The summed E-state index contributed by atoms with van der Waals surface area (Å²) >= 11 is 5.90. The van der Waals surface area contributed by atoms with Gasteiger partial charge in [0.05, 0.1) is 5.69 Å². The van der Waals surface area contributed by atoms with Gasteiger partial charge < -0.3 is 10.5 Å². The topological polar surface area (TPSA) is 99.6 Å². The van der Waals surface area contributed by atoms with Crippen molar-refractivity contribution >= 4 is 23.2 Å². The molecule has 1 saturated heterocycles. The lowest BCUT2D eigenvalue weighted by atomic mass is 9.92. The first-order valence-corrected chi connectivity index (χ1v) is 9.91. The van der Waals surface area contributed by atoms with Crippen molar-refractivity contribution in [3.63, 3.8) is 0 Å². The number of nitrogens with two attached hydrogens (primary N) is 1. The highest BCUT2D eigenvalue weighted by molar-refractivity contribution is 6.30. The van der Waals surface area contributed by atoms with E-state index in [0.29, 0.717) is 36.4 Å². The van der Waals surface area contributed by atoms with Crippen LogP contribution in [0.5, 0.6) is 0 Å². The Labute approximate surface area is 176 Å². The van der Waals surface area contributed by atoms with E-state index >= 15 is 0 Å². The first-order chi connectivity index (χ1) is 14.3. The fourth-order valence-corrected chi connectivity index (χ4v) is 3.84. The normalized spacial score (nSPS) is 19.2.